The Morgan fingerprint density at radius 2 is 1.59 bits per heavy atom. The van der Waals surface area contributed by atoms with Gasteiger partial charge in [0.05, 0.1) is 12.5 Å². The van der Waals surface area contributed by atoms with Crippen molar-refractivity contribution >= 4 is 5.97 Å². The van der Waals surface area contributed by atoms with Gasteiger partial charge in [-0.3, -0.25) is 4.79 Å². The molecule has 1 aliphatic rings. The van der Waals surface area contributed by atoms with Gasteiger partial charge in [-0.1, -0.05) is 58.0 Å². The Labute approximate surface area is 190 Å². The van der Waals surface area contributed by atoms with Crippen molar-refractivity contribution in [3.05, 3.63) is 89.2 Å². The van der Waals surface area contributed by atoms with Crippen molar-refractivity contribution in [2.24, 2.45) is 0 Å². The van der Waals surface area contributed by atoms with Crippen LogP contribution in [0.1, 0.15) is 75.3 Å². The zero-order valence-corrected chi connectivity index (χ0v) is 19.5. The van der Waals surface area contributed by atoms with E-state index in [1.165, 1.54) is 29.5 Å². The molecule has 0 radical (unpaired) electrons. The summed E-state index contributed by atoms with van der Waals surface area (Å²) in [5.41, 5.74) is 5.42. The minimum atomic E-state index is -0.817. The maximum atomic E-state index is 11.4. The van der Waals surface area contributed by atoms with Gasteiger partial charge in [-0.15, -0.1) is 0 Å². The van der Waals surface area contributed by atoms with Crippen LogP contribution < -0.4 is 4.74 Å². The number of aliphatic carboxylic acids is 1. The summed E-state index contributed by atoms with van der Waals surface area (Å²) >= 11 is 0. The first-order chi connectivity index (χ1) is 15.2. The molecule has 0 fully saturated rings. The fourth-order valence-corrected chi connectivity index (χ4v) is 4.79. The molecule has 0 bridgehead atoms. The summed E-state index contributed by atoms with van der Waals surface area (Å²) < 4.78 is 8.02. The molecule has 1 atom stereocenters. The Kier molecular flexibility index (Phi) is 5.89. The Hall–Kier alpha value is -3.01. The molecular formula is C28H33NO3. The van der Waals surface area contributed by atoms with Crippen LogP contribution in [0, 0.1) is 0 Å². The summed E-state index contributed by atoms with van der Waals surface area (Å²) in [6, 6.07) is 18.2. The lowest BCUT2D eigenvalue weighted by Gasteiger charge is -2.42. The average Bonchev–Trinajstić information content (AvgIpc) is 3.29. The summed E-state index contributed by atoms with van der Waals surface area (Å²) in [5.74, 6) is -0.0322. The number of carbonyl (C=O) groups is 1. The van der Waals surface area contributed by atoms with Gasteiger partial charge < -0.3 is 14.4 Å². The standard InChI is InChI=1S/C28H33NO3/c1-27(2)13-14-28(3,4)24-17-20(7-12-23(24)27)19-32-22-10-8-21(9-11-22)25(18-26(30)31)29-15-5-6-16-29/h5-12,15-17,25H,13-14,18-19H2,1-4H3,(H,30,31). The number of hydrogen-bond donors (Lipinski definition) is 1. The minimum absolute atomic E-state index is 0.0378. The third kappa shape index (κ3) is 4.59. The highest BCUT2D eigenvalue weighted by molar-refractivity contribution is 5.68. The van der Waals surface area contributed by atoms with Gasteiger partial charge in [-0.2, -0.15) is 0 Å². The van der Waals surface area contributed by atoms with Crippen LogP contribution >= 0.6 is 0 Å². The van der Waals surface area contributed by atoms with Crippen LogP contribution in [0.15, 0.2) is 67.0 Å². The monoisotopic (exact) mass is 431 g/mol. The molecule has 4 rings (SSSR count). The molecule has 0 spiro atoms. The van der Waals surface area contributed by atoms with Crippen molar-refractivity contribution in [2.75, 3.05) is 0 Å². The largest absolute Gasteiger partial charge is 0.489 e. The van der Waals surface area contributed by atoms with Crippen molar-refractivity contribution in [2.45, 2.75) is 70.4 Å². The second-order valence-electron chi connectivity index (χ2n) is 10.2. The van der Waals surface area contributed by atoms with E-state index in [9.17, 15) is 9.90 Å². The molecule has 0 aliphatic heterocycles. The third-order valence-electron chi connectivity index (χ3n) is 6.94. The van der Waals surface area contributed by atoms with Gasteiger partial charge in [0, 0.05) is 12.4 Å². The maximum Gasteiger partial charge on any atom is 0.305 e. The van der Waals surface area contributed by atoms with Crippen LogP contribution in [0.5, 0.6) is 5.75 Å². The predicted octanol–water partition coefficient (Wildman–Crippen LogP) is 6.48. The van der Waals surface area contributed by atoms with Crippen molar-refractivity contribution < 1.29 is 14.6 Å². The first kappa shape index (κ1) is 22.2. The Bertz CT molecular complexity index is 1080. The molecule has 1 aromatic heterocycles. The zero-order valence-electron chi connectivity index (χ0n) is 19.5. The normalized spacial score (nSPS) is 17.4. The number of nitrogens with zero attached hydrogens (tertiary/aromatic N) is 1. The lowest BCUT2D eigenvalue weighted by Crippen LogP contribution is -2.33. The van der Waals surface area contributed by atoms with Gasteiger partial charge in [-0.05, 0) is 70.2 Å². The molecule has 0 saturated carbocycles. The van der Waals surface area contributed by atoms with Gasteiger partial charge in [-0.25, -0.2) is 0 Å². The molecule has 32 heavy (non-hydrogen) atoms. The first-order valence-corrected chi connectivity index (χ1v) is 11.4. The maximum absolute atomic E-state index is 11.4. The molecule has 1 heterocycles. The topological polar surface area (TPSA) is 51.5 Å². The Balaban J connectivity index is 1.49. The summed E-state index contributed by atoms with van der Waals surface area (Å²) in [6.45, 7) is 9.86. The van der Waals surface area contributed by atoms with Gasteiger partial charge in [0.1, 0.15) is 12.4 Å². The van der Waals surface area contributed by atoms with E-state index in [1.807, 2.05) is 53.4 Å². The van der Waals surface area contributed by atoms with E-state index in [0.717, 1.165) is 11.3 Å². The number of ether oxygens (including phenoxy) is 1. The van der Waals surface area contributed by atoms with Crippen LogP contribution in [0.2, 0.25) is 0 Å². The predicted molar refractivity (Wildman–Crippen MR) is 127 cm³/mol. The molecule has 1 N–H and O–H groups in total. The number of rotatable bonds is 7. The fourth-order valence-electron chi connectivity index (χ4n) is 4.79. The van der Waals surface area contributed by atoms with E-state index >= 15 is 0 Å². The van der Waals surface area contributed by atoms with Crippen molar-refractivity contribution in [3.63, 3.8) is 0 Å². The molecule has 1 aliphatic carbocycles. The number of carboxylic acid groups (broad SMARTS) is 1. The summed E-state index contributed by atoms with van der Waals surface area (Å²) in [5, 5.41) is 9.32. The highest BCUT2D eigenvalue weighted by Gasteiger charge is 2.36. The first-order valence-electron chi connectivity index (χ1n) is 11.4. The highest BCUT2D eigenvalue weighted by Crippen LogP contribution is 2.45. The van der Waals surface area contributed by atoms with Crippen LogP contribution in [0.25, 0.3) is 0 Å². The van der Waals surface area contributed by atoms with Gasteiger partial charge in [0.25, 0.3) is 0 Å². The van der Waals surface area contributed by atoms with Crippen molar-refractivity contribution in [1.82, 2.24) is 4.57 Å². The lowest BCUT2D eigenvalue weighted by molar-refractivity contribution is -0.137. The number of hydrogen-bond acceptors (Lipinski definition) is 2. The average molecular weight is 432 g/mol. The number of carboxylic acids is 1. The van der Waals surface area contributed by atoms with Crippen LogP contribution in [-0.2, 0) is 22.2 Å². The van der Waals surface area contributed by atoms with E-state index in [1.54, 1.807) is 0 Å². The van der Waals surface area contributed by atoms with Crippen molar-refractivity contribution in [3.8, 4) is 5.75 Å². The quantitative estimate of drug-likeness (QED) is 0.466. The summed E-state index contributed by atoms with van der Waals surface area (Å²) in [7, 11) is 0. The molecule has 4 heteroatoms. The summed E-state index contributed by atoms with van der Waals surface area (Å²) in [4.78, 5) is 11.4. The number of benzene rings is 2. The Morgan fingerprint density at radius 3 is 2.22 bits per heavy atom. The molecule has 2 aromatic carbocycles. The summed E-state index contributed by atoms with van der Waals surface area (Å²) in [6.07, 6.45) is 6.24. The van der Waals surface area contributed by atoms with Crippen LogP contribution in [-0.4, -0.2) is 15.6 Å². The van der Waals surface area contributed by atoms with Crippen molar-refractivity contribution in [1.29, 1.82) is 0 Å². The third-order valence-corrected chi connectivity index (χ3v) is 6.94. The van der Waals surface area contributed by atoms with Gasteiger partial charge >= 0.3 is 5.97 Å². The molecule has 0 amide bonds. The van der Waals surface area contributed by atoms with Crippen LogP contribution in [0.4, 0.5) is 0 Å². The van der Waals surface area contributed by atoms with E-state index in [-0.39, 0.29) is 23.3 Å². The molecule has 168 valence electrons. The zero-order chi connectivity index (χ0) is 22.9. The van der Waals surface area contributed by atoms with Crippen LogP contribution in [0.3, 0.4) is 0 Å². The van der Waals surface area contributed by atoms with E-state index in [4.69, 9.17) is 4.74 Å². The molecule has 1 unspecified atom stereocenters. The number of fused-ring (bicyclic) bond motifs is 1. The van der Waals surface area contributed by atoms with Gasteiger partial charge in [0.15, 0.2) is 0 Å². The molecule has 4 nitrogen and oxygen atoms in total. The Morgan fingerprint density at radius 1 is 0.969 bits per heavy atom. The van der Waals surface area contributed by atoms with E-state index < -0.39 is 5.97 Å². The minimum Gasteiger partial charge on any atom is -0.489 e. The molecular weight excluding hydrogens is 398 g/mol. The lowest BCUT2D eigenvalue weighted by atomic mass is 9.63. The highest BCUT2D eigenvalue weighted by atomic mass is 16.5. The molecule has 3 aromatic rings. The molecule has 0 saturated heterocycles. The number of aromatic nitrogens is 1. The second kappa shape index (κ2) is 8.50. The second-order valence-corrected chi connectivity index (χ2v) is 10.2. The fraction of sp³-hybridized carbons (Fsp3) is 0.393. The van der Waals surface area contributed by atoms with E-state index in [0.29, 0.717) is 6.61 Å². The van der Waals surface area contributed by atoms with Gasteiger partial charge in [0.2, 0.25) is 0 Å². The van der Waals surface area contributed by atoms with E-state index in [2.05, 4.69) is 45.9 Å². The SMILES string of the molecule is CC1(C)CCC(C)(C)c2cc(COc3ccc(C(CC(=O)O)n4cccc4)cc3)ccc21. The smallest absolute Gasteiger partial charge is 0.305 e.